The van der Waals surface area contributed by atoms with Crippen LogP contribution >= 0.6 is 0 Å². The maximum atomic E-state index is 12.3. The SMILES string of the molecule is CCC1(C(=O)NCCOCC(C)C)CCNCC1. The van der Waals surface area contributed by atoms with Crippen LogP contribution in [0.4, 0.5) is 0 Å². The van der Waals surface area contributed by atoms with E-state index < -0.39 is 0 Å². The van der Waals surface area contributed by atoms with Crippen molar-refractivity contribution in [3.8, 4) is 0 Å². The molecule has 0 unspecified atom stereocenters. The zero-order chi connectivity index (χ0) is 13.4. The Balaban J connectivity index is 2.25. The van der Waals surface area contributed by atoms with Crippen molar-refractivity contribution in [2.75, 3.05) is 32.8 Å². The monoisotopic (exact) mass is 256 g/mol. The molecule has 0 aromatic heterocycles. The van der Waals surface area contributed by atoms with Gasteiger partial charge in [-0.1, -0.05) is 20.8 Å². The minimum absolute atomic E-state index is 0.150. The quantitative estimate of drug-likeness (QED) is 0.680. The lowest BCUT2D eigenvalue weighted by molar-refractivity contribution is -0.133. The van der Waals surface area contributed by atoms with Crippen molar-refractivity contribution in [2.45, 2.75) is 40.0 Å². The molecule has 4 heteroatoms. The zero-order valence-corrected chi connectivity index (χ0v) is 12.1. The van der Waals surface area contributed by atoms with Crippen molar-refractivity contribution in [3.05, 3.63) is 0 Å². The Bertz CT molecular complexity index is 248. The highest BCUT2D eigenvalue weighted by atomic mass is 16.5. The molecular formula is C14H28N2O2. The van der Waals surface area contributed by atoms with Gasteiger partial charge in [-0.05, 0) is 38.3 Å². The smallest absolute Gasteiger partial charge is 0.226 e. The lowest BCUT2D eigenvalue weighted by atomic mass is 9.76. The molecular weight excluding hydrogens is 228 g/mol. The van der Waals surface area contributed by atoms with Gasteiger partial charge in [0.25, 0.3) is 0 Å². The van der Waals surface area contributed by atoms with E-state index in [1.165, 1.54) is 0 Å². The summed E-state index contributed by atoms with van der Waals surface area (Å²) in [7, 11) is 0. The second-order valence-corrected chi connectivity index (χ2v) is 5.61. The molecule has 1 saturated heterocycles. The number of nitrogens with one attached hydrogen (secondary N) is 2. The highest BCUT2D eigenvalue weighted by molar-refractivity contribution is 5.82. The normalized spacial score (nSPS) is 18.9. The van der Waals surface area contributed by atoms with Crippen molar-refractivity contribution in [2.24, 2.45) is 11.3 Å². The minimum Gasteiger partial charge on any atom is -0.379 e. The highest BCUT2D eigenvalue weighted by Crippen LogP contribution is 2.32. The number of hydrogen-bond donors (Lipinski definition) is 2. The van der Waals surface area contributed by atoms with Gasteiger partial charge in [0, 0.05) is 13.2 Å². The maximum Gasteiger partial charge on any atom is 0.226 e. The summed E-state index contributed by atoms with van der Waals surface area (Å²) in [5.74, 6) is 0.756. The molecule has 0 aromatic rings. The number of amides is 1. The van der Waals surface area contributed by atoms with Crippen molar-refractivity contribution < 1.29 is 9.53 Å². The second kappa shape index (κ2) is 7.74. The number of ether oxygens (including phenoxy) is 1. The van der Waals surface area contributed by atoms with E-state index in [4.69, 9.17) is 4.74 Å². The topological polar surface area (TPSA) is 50.4 Å². The predicted octanol–water partition coefficient (Wildman–Crippen LogP) is 1.55. The van der Waals surface area contributed by atoms with E-state index in [2.05, 4.69) is 31.4 Å². The molecule has 0 atom stereocenters. The molecule has 1 aliphatic rings. The Hall–Kier alpha value is -0.610. The number of carbonyl (C=O) groups is 1. The summed E-state index contributed by atoms with van der Waals surface area (Å²) in [6.45, 7) is 10.3. The standard InChI is InChI=1S/C14H28N2O2/c1-4-14(5-7-15-8-6-14)13(17)16-9-10-18-11-12(2)3/h12,15H,4-11H2,1-3H3,(H,16,17). The van der Waals surface area contributed by atoms with Gasteiger partial charge >= 0.3 is 0 Å². The fourth-order valence-electron chi connectivity index (χ4n) is 2.39. The summed E-state index contributed by atoms with van der Waals surface area (Å²) < 4.78 is 5.47. The lowest BCUT2D eigenvalue weighted by Crippen LogP contribution is -2.48. The predicted molar refractivity (Wildman–Crippen MR) is 73.5 cm³/mol. The van der Waals surface area contributed by atoms with E-state index in [1.807, 2.05) is 0 Å². The van der Waals surface area contributed by atoms with Gasteiger partial charge in [-0.25, -0.2) is 0 Å². The van der Waals surface area contributed by atoms with Crippen molar-refractivity contribution >= 4 is 5.91 Å². The van der Waals surface area contributed by atoms with E-state index >= 15 is 0 Å². The summed E-state index contributed by atoms with van der Waals surface area (Å²) in [5, 5.41) is 6.34. The summed E-state index contributed by atoms with van der Waals surface area (Å²) >= 11 is 0. The average molecular weight is 256 g/mol. The molecule has 0 bridgehead atoms. The molecule has 1 aliphatic heterocycles. The number of hydrogen-bond acceptors (Lipinski definition) is 3. The first kappa shape index (κ1) is 15.4. The van der Waals surface area contributed by atoms with Gasteiger partial charge in [-0.2, -0.15) is 0 Å². The van der Waals surface area contributed by atoms with Crippen LogP contribution in [0.25, 0.3) is 0 Å². The van der Waals surface area contributed by atoms with Crippen LogP contribution in [0, 0.1) is 11.3 Å². The lowest BCUT2D eigenvalue weighted by Gasteiger charge is -2.35. The fourth-order valence-corrected chi connectivity index (χ4v) is 2.39. The van der Waals surface area contributed by atoms with Gasteiger partial charge in [-0.15, -0.1) is 0 Å². The van der Waals surface area contributed by atoms with Crippen LogP contribution in [-0.2, 0) is 9.53 Å². The third-order valence-corrected chi connectivity index (χ3v) is 3.70. The molecule has 1 fully saturated rings. The van der Waals surface area contributed by atoms with Gasteiger partial charge in [-0.3, -0.25) is 4.79 Å². The molecule has 0 spiro atoms. The van der Waals surface area contributed by atoms with E-state index in [0.29, 0.717) is 19.1 Å². The second-order valence-electron chi connectivity index (χ2n) is 5.61. The van der Waals surface area contributed by atoms with Crippen LogP contribution in [0.15, 0.2) is 0 Å². The number of carbonyl (C=O) groups excluding carboxylic acids is 1. The summed E-state index contributed by atoms with van der Waals surface area (Å²) in [5.41, 5.74) is -0.150. The van der Waals surface area contributed by atoms with Crippen LogP contribution in [0.3, 0.4) is 0 Å². The number of piperidine rings is 1. The van der Waals surface area contributed by atoms with Crippen LogP contribution in [0.5, 0.6) is 0 Å². The third-order valence-electron chi connectivity index (χ3n) is 3.70. The third kappa shape index (κ3) is 4.58. The Morgan fingerprint density at radius 1 is 1.39 bits per heavy atom. The van der Waals surface area contributed by atoms with Crippen molar-refractivity contribution in [1.82, 2.24) is 10.6 Å². The highest BCUT2D eigenvalue weighted by Gasteiger charge is 2.37. The Labute approximate surface area is 111 Å². The zero-order valence-electron chi connectivity index (χ0n) is 12.1. The van der Waals surface area contributed by atoms with Gasteiger partial charge in [0.2, 0.25) is 5.91 Å². The maximum absolute atomic E-state index is 12.3. The van der Waals surface area contributed by atoms with Crippen molar-refractivity contribution in [3.63, 3.8) is 0 Å². The molecule has 18 heavy (non-hydrogen) atoms. The Kier molecular flexibility index (Phi) is 6.65. The molecule has 1 heterocycles. The van der Waals surface area contributed by atoms with Crippen LogP contribution in [0.1, 0.15) is 40.0 Å². The molecule has 4 nitrogen and oxygen atoms in total. The first-order valence-electron chi connectivity index (χ1n) is 7.17. The van der Waals surface area contributed by atoms with Crippen molar-refractivity contribution in [1.29, 1.82) is 0 Å². The molecule has 0 aromatic carbocycles. The summed E-state index contributed by atoms with van der Waals surface area (Å²) in [4.78, 5) is 12.3. The molecule has 0 radical (unpaired) electrons. The number of rotatable bonds is 7. The van der Waals surface area contributed by atoms with Crippen LogP contribution in [0.2, 0.25) is 0 Å². The Morgan fingerprint density at radius 2 is 2.06 bits per heavy atom. The summed E-state index contributed by atoms with van der Waals surface area (Å²) in [6, 6.07) is 0. The molecule has 0 aliphatic carbocycles. The Morgan fingerprint density at radius 3 is 2.61 bits per heavy atom. The summed E-state index contributed by atoms with van der Waals surface area (Å²) in [6.07, 6.45) is 2.82. The van der Waals surface area contributed by atoms with Crippen LogP contribution < -0.4 is 10.6 Å². The first-order chi connectivity index (χ1) is 8.60. The van der Waals surface area contributed by atoms with E-state index in [0.717, 1.165) is 39.0 Å². The van der Waals surface area contributed by atoms with Gasteiger partial charge in [0.05, 0.1) is 12.0 Å². The van der Waals surface area contributed by atoms with E-state index in [9.17, 15) is 4.79 Å². The van der Waals surface area contributed by atoms with E-state index in [1.54, 1.807) is 0 Å². The minimum atomic E-state index is -0.150. The molecule has 1 rings (SSSR count). The molecule has 1 amide bonds. The first-order valence-corrected chi connectivity index (χ1v) is 7.17. The van der Waals surface area contributed by atoms with Gasteiger partial charge in [0.1, 0.15) is 0 Å². The average Bonchev–Trinajstić information content (AvgIpc) is 2.38. The molecule has 0 saturated carbocycles. The van der Waals surface area contributed by atoms with Gasteiger partial charge < -0.3 is 15.4 Å². The molecule has 2 N–H and O–H groups in total. The van der Waals surface area contributed by atoms with Gasteiger partial charge in [0.15, 0.2) is 0 Å². The fraction of sp³-hybridized carbons (Fsp3) is 0.929. The molecule has 106 valence electrons. The van der Waals surface area contributed by atoms with Crippen LogP contribution in [-0.4, -0.2) is 38.8 Å². The van der Waals surface area contributed by atoms with E-state index in [-0.39, 0.29) is 11.3 Å². The largest absolute Gasteiger partial charge is 0.379 e.